The highest BCUT2D eigenvalue weighted by Crippen LogP contribution is 2.15. The van der Waals surface area contributed by atoms with E-state index in [-0.39, 0.29) is 27.9 Å². The molecule has 1 aliphatic heterocycles. The van der Waals surface area contributed by atoms with E-state index in [1.807, 2.05) is 0 Å². The van der Waals surface area contributed by atoms with Crippen molar-refractivity contribution in [3.63, 3.8) is 0 Å². The molecule has 0 bridgehead atoms. The lowest BCUT2D eigenvalue weighted by Gasteiger charge is -2.10. The Kier molecular flexibility index (Phi) is 6.63. The van der Waals surface area contributed by atoms with Crippen molar-refractivity contribution in [3.05, 3.63) is 21.9 Å². The van der Waals surface area contributed by atoms with E-state index in [4.69, 9.17) is 32.7 Å². The van der Waals surface area contributed by atoms with Gasteiger partial charge in [-0.05, 0) is 25.3 Å². The molecule has 1 saturated heterocycles. The van der Waals surface area contributed by atoms with Crippen LogP contribution in [-0.4, -0.2) is 48.6 Å². The Morgan fingerprint density at radius 3 is 3.10 bits per heavy atom. The van der Waals surface area contributed by atoms with Crippen molar-refractivity contribution < 1.29 is 14.3 Å². The lowest BCUT2D eigenvalue weighted by molar-refractivity contribution is 0.0166. The van der Waals surface area contributed by atoms with Gasteiger partial charge < -0.3 is 14.8 Å². The van der Waals surface area contributed by atoms with Gasteiger partial charge >= 0.3 is 0 Å². The number of halogens is 2. The van der Waals surface area contributed by atoms with Crippen molar-refractivity contribution in [2.75, 3.05) is 26.4 Å². The standard InChI is InChI=1S/C13H17Cl2N3O3/c14-11-7-10(12(15)18-17-11)13(19)16-4-2-5-20-8-9-3-1-6-21-9/h7,9H,1-6,8H2,(H,16,19). The molecule has 2 rings (SSSR count). The fraction of sp³-hybridized carbons (Fsp3) is 0.615. The van der Waals surface area contributed by atoms with Crippen LogP contribution in [0, 0.1) is 0 Å². The first-order valence-corrected chi connectivity index (χ1v) is 7.58. The number of nitrogens with zero attached hydrogens (tertiary/aromatic N) is 2. The molecule has 1 amide bonds. The second kappa shape index (κ2) is 8.48. The van der Waals surface area contributed by atoms with Crippen LogP contribution in [-0.2, 0) is 9.47 Å². The van der Waals surface area contributed by atoms with Crippen molar-refractivity contribution in [1.82, 2.24) is 15.5 Å². The van der Waals surface area contributed by atoms with Crippen molar-refractivity contribution in [3.8, 4) is 0 Å². The Morgan fingerprint density at radius 1 is 1.48 bits per heavy atom. The monoisotopic (exact) mass is 333 g/mol. The smallest absolute Gasteiger partial charge is 0.254 e. The lowest BCUT2D eigenvalue weighted by Crippen LogP contribution is -2.26. The van der Waals surface area contributed by atoms with Gasteiger partial charge in [0.25, 0.3) is 5.91 Å². The zero-order chi connectivity index (χ0) is 15.1. The van der Waals surface area contributed by atoms with E-state index in [2.05, 4.69) is 15.5 Å². The summed E-state index contributed by atoms with van der Waals surface area (Å²) in [5.41, 5.74) is 0.219. The second-order valence-corrected chi connectivity index (χ2v) is 5.44. The first-order chi connectivity index (χ1) is 10.2. The summed E-state index contributed by atoms with van der Waals surface area (Å²) in [6.45, 7) is 2.50. The summed E-state index contributed by atoms with van der Waals surface area (Å²) >= 11 is 11.5. The molecule has 6 nitrogen and oxygen atoms in total. The third-order valence-electron chi connectivity index (χ3n) is 3.04. The fourth-order valence-corrected chi connectivity index (χ4v) is 2.30. The van der Waals surface area contributed by atoms with Crippen molar-refractivity contribution in [2.45, 2.75) is 25.4 Å². The van der Waals surface area contributed by atoms with E-state index in [9.17, 15) is 4.79 Å². The molecule has 1 fully saturated rings. The van der Waals surface area contributed by atoms with Gasteiger partial charge in [0.15, 0.2) is 10.3 Å². The SMILES string of the molecule is O=C(NCCCOCC1CCCO1)c1cc(Cl)nnc1Cl. The van der Waals surface area contributed by atoms with Gasteiger partial charge in [0, 0.05) is 19.8 Å². The highest BCUT2D eigenvalue weighted by Gasteiger charge is 2.15. The van der Waals surface area contributed by atoms with Crippen molar-refractivity contribution in [2.24, 2.45) is 0 Å². The Morgan fingerprint density at radius 2 is 2.33 bits per heavy atom. The van der Waals surface area contributed by atoms with Crippen LogP contribution in [0.15, 0.2) is 6.07 Å². The van der Waals surface area contributed by atoms with Crippen LogP contribution in [0.1, 0.15) is 29.6 Å². The fourth-order valence-electron chi connectivity index (χ4n) is 1.97. The molecule has 1 N–H and O–H groups in total. The normalized spacial score (nSPS) is 17.9. The first kappa shape index (κ1) is 16.4. The lowest BCUT2D eigenvalue weighted by atomic mass is 10.2. The quantitative estimate of drug-likeness (QED) is 0.773. The minimum atomic E-state index is -0.323. The molecule has 1 atom stereocenters. The molecule has 0 radical (unpaired) electrons. The number of hydrogen-bond acceptors (Lipinski definition) is 5. The summed E-state index contributed by atoms with van der Waals surface area (Å²) in [5.74, 6) is -0.323. The van der Waals surface area contributed by atoms with Gasteiger partial charge in [-0.15, -0.1) is 10.2 Å². The minimum absolute atomic E-state index is 0.0338. The molecule has 2 heterocycles. The van der Waals surface area contributed by atoms with Gasteiger partial charge in [-0.25, -0.2) is 0 Å². The van der Waals surface area contributed by atoms with Crippen LogP contribution < -0.4 is 5.32 Å². The summed E-state index contributed by atoms with van der Waals surface area (Å²) in [6, 6.07) is 1.39. The highest BCUT2D eigenvalue weighted by molar-refractivity contribution is 6.34. The zero-order valence-corrected chi connectivity index (χ0v) is 13.0. The largest absolute Gasteiger partial charge is 0.379 e. The molecule has 0 aromatic carbocycles. The molecule has 1 aliphatic rings. The summed E-state index contributed by atoms with van der Waals surface area (Å²) < 4.78 is 10.9. The van der Waals surface area contributed by atoms with Crippen LogP contribution >= 0.6 is 23.2 Å². The molecule has 1 aromatic heterocycles. The second-order valence-electron chi connectivity index (χ2n) is 4.69. The van der Waals surface area contributed by atoms with E-state index >= 15 is 0 Å². The van der Waals surface area contributed by atoms with Crippen LogP contribution in [0.3, 0.4) is 0 Å². The zero-order valence-electron chi connectivity index (χ0n) is 11.5. The van der Waals surface area contributed by atoms with Gasteiger partial charge in [-0.1, -0.05) is 23.2 Å². The number of aromatic nitrogens is 2. The average Bonchev–Trinajstić information content (AvgIpc) is 2.98. The molecule has 0 spiro atoms. The predicted octanol–water partition coefficient (Wildman–Crippen LogP) is 2.10. The van der Waals surface area contributed by atoms with E-state index in [1.165, 1.54) is 6.07 Å². The van der Waals surface area contributed by atoms with Gasteiger partial charge in [0.2, 0.25) is 0 Å². The van der Waals surface area contributed by atoms with Crippen LogP contribution in [0.4, 0.5) is 0 Å². The van der Waals surface area contributed by atoms with Gasteiger partial charge in [-0.3, -0.25) is 4.79 Å². The number of ether oxygens (including phenoxy) is 2. The Balaban J connectivity index is 1.61. The van der Waals surface area contributed by atoms with Crippen molar-refractivity contribution >= 4 is 29.1 Å². The average molecular weight is 334 g/mol. The van der Waals surface area contributed by atoms with E-state index < -0.39 is 0 Å². The topological polar surface area (TPSA) is 73.3 Å². The number of carbonyl (C=O) groups is 1. The molecule has 1 aromatic rings. The van der Waals surface area contributed by atoms with Crippen LogP contribution in [0.25, 0.3) is 0 Å². The molecule has 116 valence electrons. The Hall–Kier alpha value is -0.950. The maximum absolute atomic E-state index is 11.9. The van der Waals surface area contributed by atoms with Crippen LogP contribution in [0.2, 0.25) is 10.3 Å². The summed E-state index contributed by atoms with van der Waals surface area (Å²) in [7, 11) is 0. The number of nitrogens with one attached hydrogen (secondary N) is 1. The predicted molar refractivity (Wildman–Crippen MR) is 78.8 cm³/mol. The highest BCUT2D eigenvalue weighted by atomic mass is 35.5. The molecule has 0 aliphatic carbocycles. The Bertz CT molecular complexity index is 482. The number of amides is 1. The van der Waals surface area contributed by atoms with Crippen molar-refractivity contribution in [1.29, 1.82) is 0 Å². The summed E-state index contributed by atoms with van der Waals surface area (Å²) in [4.78, 5) is 11.9. The summed E-state index contributed by atoms with van der Waals surface area (Å²) in [6.07, 6.45) is 3.10. The Labute approximate surface area is 133 Å². The number of hydrogen-bond donors (Lipinski definition) is 1. The summed E-state index contributed by atoms with van der Waals surface area (Å²) in [5, 5.41) is 10.0. The number of carbonyl (C=O) groups excluding carboxylic acids is 1. The van der Waals surface area contributed by atoms with Gasteiger partial charge in [0.05, 0.1) is 18.3 Å². The number of rotatable bonds is 7. The van der Waals surface area contributed by atoms with E-state index in [0.29, 0.717) is 26.2 Å². The maximum Gasteiger partial charge on any atom is 0.254 e. The molecule has 1 unspecified atom stereocenters. The third kappa shape index (κ3) is 5.39. The molecular formula is C13H17Cl2N3O3. The molecule has 8 heteroatoms. The minimum Gasteiger partial charge on any atom is -0.379 e. The first-order valence-electron chi connectivity index (χ1n) is 6.83. The maximum atomic E-state index is 11.9. The molecule has 0 saturated carbocycles. The van der Waals surface area contributed by atoms with Gasteiger partial charge in [0.1, 0.15) is 0 Å². The van der Waals surface area contributed by atoms with E-state index in [0.717, 1.165) is 19.4 Å². The molecule has 21 heavy (non-hydrogen) atoms. The van der Waals surface area contributed by atoms with E-state index in [1.54, 1.807) is 0 Å². The van der Waals surface area contributed by atoms with Crippen LogP contribution in [0.5, 0.6) is 0 Å². The van der Waals surface area contributed by atoms with Gasteiger partial charge in [-0.2, -0.15) is 0 Å². The molecular weight excluding hydrogens is 317 g/mol. The third-order valence-corrected chi connectivity index (χ3v) is 3.51.